The fraction of sp³-hybridized carbons (Fsp3) is 0.120. The number of allylic oxidation sites excluding steroid dienone is 4. The van der Waals surface area contributed by atoms with Gasteiger partial charge in [-0.25, -0.2) is 4.98 Å². The average Bonchev–Trinajstić information content (AvgIpc) is 3.28. The standard InChI is InChI=1S/C25H21N3O/c26-17-21-8-13-24(22-9-11-23(12-10-22)28-15-14-27-19-28)25(16-21)29-18-20-6-4-2-1-3-5-7-20/h2,4-16,19H,1,3,18H2/b4-2-,7-5-,20-6+. The van der Waals surface area contributed by atoms with Crippen LogP contribution < -0.4 is 4.74 Å². The largest absolute Gasteiger partial charge is 0.488 e. The molecule has 2 aromatic carbocycles. The van der Waals surface area contributed by atoms with Gasteiger partial charge in [0.15, 0.2) is 0 Å². The molecule has 0 saturated heterocycles. The molecule has 0 aliphatic heterocycles. The smallest absolute Gasteiger partial charge is 0.128 e. The lowest BCUT2D eigenvalue weighted by Gasteiger charge is -2.14. The number of ether oxygens (including phenoxy) is 1. The summed E-state index contributed by atoms with van der Waals surface area (Å²) in [5.41, 5.74) is 4.73. The van der Waals surface area contributed by atoms with Gasteiger partial charge < -0.3 is 9.30 Å². The summed E-state index contributed by atoms with van der Waals surface area (Å²) in [6, 6.07) is 16.0. The van der Waals surface area contributed by atoms with Crippen molar-refractivity contribution >= 4 is 0 Å². The Kier molecular flexibility index (Phi) is 5.68. The molecule has 1 aliphatic rings. The van der Waals surface area contributed by atoms with Crippen LogP contribution >= 0.6 is 0 Å². The molecule has 0 unspecified atom stereocenters. The molecule has 0 radical (unpaired) electrons. The third kappa shape index (κ3) is 4.53. The van der Waals surface area contributed by atoms with Crippen molar-refractivity contribution in [3.8, 4) is 28.6 Å². The van der Waals surface area contributed by atoms with Gasteiger partial charge in [0, 0.05) is 23.6 Å². The van der Waals surface area contributed by atoms with Crippen molar-refractivity contribution in [1.29, 1.82) is 5.26 Å². The Hall–Kier alpha value is -3.84. The van der Waals surface area contributed by atoms with Crippen molar-refractivity contribution in [1.82, 2.24) is 9.55 Å². The van der Waals surface area contributed by atoms with Gasteiger partial charge in [-0.3, -0.25) is 0 Å². The minimum atomic E-state index is 0.454. The summed E-state index contributed by atoms with van der Waals surface area (Å²) in [6.07, 6.45) is 18.1. The molecular formula is C25H21N3O. The van der Waals surface area contributed by atoms with E-state index in [-0.39, 0.29) is 0 Å². The number of benzene rings is 2. The van der Waals surface area contributed by atoms with E-state index in [4.69, 9.17) is 4.74 Å². The predicted molar refractivity (Wildman–Crippen MR) is 115 cm³/mol. The monoisotopic (exact) mass is 379 g/mol. The predicted octanol–water partition coefficient (Wildman–Crippen LogP) is 5.62. The van der Waals surface area contributed by atoms with Crippen LogP contribution in [0.5, 0.6) is 5.75 Å². The first kappa shape index (κ1) is 18.5. The minimum absolute atomic E-state index is 0.454. The second kappa shape index (κ2) is 8.90. The molecule has 0 spiro atoms. The van der Waals surface area contributed by atoms with Gasteiger partial charge in [-0.15, -0.1) is 0 Å². The maximum atomic E-state index is 9.31. The molecule has 0 saturated carbocycles. The Morgan fingerprint density at radius 3 is 2.72 bits per heavy atom. The summed E-state index contributed by atoms with van der Waals surface area (Å²) < 4.78 is 8.11. The van der Waals surface area contributed by atoms with Gasteiger partial charge in [-0.2, -0.15) is 5.26 Å². The highest BCUT2D eigenvalue weighted by atomic mass is 16.5. The summed E-state index contributed by atoms with van der Waals surface area (Å²) >= 11 is 0. The molecule has 0 fully saturated rings. The third-order valence-electron chi connectivity index (χ3n) is 4.76. The average molecular weight is 379 g/mol. The molecule has 1 aliphatic carbocycles. The van der Waals surface area contributed by atoms with Crippen LogP contribution in [0.4, 0.5) is 0 Å². The van der Waals surface area contributed by atoms with Crippen molar-refractivity contribution in [2.75, 3.05) is 6.61 Å². The molecule has 142 valence electrons. The number of imidazole rings is 1. The summed E-state index contributed by atoms with van der Waals surface area (Å²) in [4.78, 5) is 4.09. The lowest BCUT2D eigenvalue weighted by molar-refractivity contribution is 0.357. The van der Waals surface area contributed by atoms with Crippen LogP contribution in [0.25, 0.3) is 16.8 Å². The molecule has 0 N–H and O–H groups in total. The van der Waals surface area contributed by atoms with Crippen LogP contribution in [0.15, 0.2) is 97.1 Å². The number of hydrogen-bond acceptors (Lipinski definition) is 3. The van der Waals surface area contributed by atoms with E-state index >= 15 is 0 Å². The number of nitriles is 1. The van der Waals surface area contributed by atoms with Gasteiger partial charge in [0.05, 0.1) is 18.0 Å². The zero-order chi connectivity index (χ0) is 19.9. The van der Waals surface area contributed by atoms with Crippen LogP contribution in [0, 0.1) is 11.3 Å². The van der Waals surface area contributed by atoms with E-state index in [1.807, 2.05) is 41.1 Å². The maximum absolute atomic E-state index is 9.31. The zero-order valence-electron chi connectivity index (χ0n) is 16.0. The van der Waals surface area contributed by atoms with E-state index in [1.165, 1.54) is 0 Å². The van der Waals surface area contributed by atoms with Crippen LogP contribution in [0.1, 0.15) is 18.4 Å². The molecule has 4 heteroatoms. The fourth-order valence-electron chi connectivity index (χ4n) is 3.20. The Morgan fingerprint density at radius 1 is 1.07 bits per heavy atom. The zero-order valence-corrected chi connectivity index (χ0v) is 16.0. The van der Waals surface area contributed by atoms with Crippen molar-refractivity contribution in [3.05, 3.63) is 103 Å². The molecule has 3 aromatic rings. The van der Waals surface area contributed by atoms with Crippen molar-refractivity contribution < 1.29 is 4.74 Å². The van der Waals surface area contributed by atoms with Crippen LogP contribution in [0.3, 0.4) is 0 Å². The van der Waals surface area contributed by atoms with Gasteiger partial charge in [0.25, 0.3) is 0 Å². The van der Waals surface area contributed by atoms with Crippen LogP contribution in [0.2, 0.25) is 0 Å². The van der Waals surface area contributed by atoms with Crippen LogP contribution in [-0.4, -0.2) is 16.2 Å². The summed E-state index contributed by atoms with van der Waals surface area (Å²) in [7, 11) is 0. The third-order valence-corrected chi connectivity index (χ3v) is 4.76. The quantitative estimate of drug-likeness (QED) is 0.578. The second-order valence-corrected chi connectivity index (χ2v) is 6.78. The fourth-order valence-corrected chi connectivity index (χ4v) is 3.20. The summed E-state index contributed by atoms with van der Waals surface area (Å²) in [5, 5.41) is 9.31. The SMILES string of the molecule is N#Cc1ccc(-c2ccc(-n3ccnc3)cc2)c(OCC2=C/C=C\CC/C=C\2)c1. The molecular weight excluding hydrogens is 358 g/mol. The highest BCUT2D eigenvalue weighted by Gasteiger charge is 2.09. The molecule has 0 amide bonds. The normalized spacial score (nSPS) is 17.3. The molecule has 4 rings (SSSR count). The Morgan fingerprint density at radius 2 is 1.93 bits per heavy atom. The maximum Gasteiger partial charge on any atom is 0.128 e. The van der Waals surface area contributed by atoms with Gasteiger partial charge >= 0.3 is 0 Å². The molecule has 0 bridgehead atoms. The lowest BCUT2D eigenvalue weighted by atomic mass is 10.0. The first-order valence-electron chi connectivity index (χ1n) is 9.61. The number of hydrogen-bond donors (Lipinski definition) is 0. The highest BCUT2D eigenvalue weighted by molar-refractivity contribution is 5.72. The van der Waals surface area contributed by atoms with Crippen LogP contribution in [-0.2, 0) is 0 Å². The number of nitrogens with zero attached hydrogens (tertiary/aromatic N) is 3. The van der Waals surface area contributed by atoms with Crippen molar-refractivity contribution in [3.63, 3.8) is 0 Å². The van der Waals surface area contributed by atoms with Gasteiger partial charge in [-0.05, 0) is 54.3 Å². The lowest BCUT2D eigenvalue weighted by Crippen LogP contribution is -2.02. The van der Waals surface area contributed by atoms with E-state index in [2.05, 4.69) is 53.6 Å². The highest BCUT2D eigenvalue weighted by Crippen LogP contribution is 2.32. The first-order chi connectivity index (χ1) is 14.3. The topological polar surface area (TPSA) is 50.8 Å². The first-order valence-corrected chi connectivity index (χ1v) is 9.61. The number of aromatic nitrogens is 2. The van der Waals surface area contributed by atoms with E-state index in [1.54, 1.807) is 12.5 Å². The van der Waals surface area contributed by atoms with Gasteiger partial charge in [0.1, 0.15) is 12.4 Å². The molecule has 1 heterocycles. The van der Waals surface area contributed by atoms with E-state index < -0.39 is 0 Å². The van der Waals surface area contributed by atoms with E-state index in [0.717, 1.165) is 35.2 Å². The Labute approximate surface area is 170 Å². The summed E-state index contributed by atoms with van der Waals surface area (Å²) in [6.45, 7) is 0.454. The molecule has 0 atom stereocenters. The molecule has 29 heavy (non-hydrogen) atoms. The van der Waals surface area contributed by atoms with E-state index in [0.29, 0.717) is 17.9 Å². The number of rotatable bonds is 5. The van der Waals surface area contributed by atoms with Crippen molar-refractivity contribution in [2.45, 2.75) is 12.8 Å². The Bertz CT molecular complexity index is 1100. The summed E-state index contributed by atoms with van der Waals surface area (Å²) in [5.74, 6) is 0.708. The van der Waals surface area contributed by atoms with E-state index in [9.17, 15) is 5.26 Å². The Balaban J connectivity index is 1.61. The van der Waals surface area contributed by atoms with Gasteiger partial charge in [0.2, 0.25) is 0 Å². The van der Waals surface area contributed by atoms with Gasteiger partial charge in [-0.1, -0.05) is 42.5 Å². The second-order valence-electron chi connectivity index (χ2n) is 6.78. The molecule has 1 aromatic heterocycles. The minimum Gasteiger partial charge on any atom is -0.488 e. The molecule has 4 nitrogen and oxygen atoms in total. The van der Waals surface area contributed by atoms with Crippen molar-refractivity contribution in [2.24, 2.45) is 0 Å².